The number of benzene rings is 2. The van der Waals surface area contributed by atoms with Gasteiger partial charge in [0.05, 0.1) is 15.2 Å². The lowest BCUT2D eigenvalue weighted by molar-refractivity contribution is 0.0782. The van der Waals surface area contributed by atoms with Crippen LogP contribution in [0.15, 0.2) is 42.5 Å². The molecule has 1 aliphatic heterocycles. The van der Waals surface area contributed by atoms with Gasteiger partial charge in [0.25, 0.3) is 5.91 Å². The number of carbonyl (C=O) groups excluding carboxylic acids is 1. The molecule has 4 rings (SSSR count). The Morgan fingerprint density at radius 3 is 2.56 bits per heavy atom. The van der Waals surface area contributed by atoms with E-state index in [1.165, 1.54) is 11.1 Å². The summed E-state index contributed by atoms with van der Waals surface area (Å²) in [6, 6.07) is 14.9. The molecule has 4 nitrogen and oxygen atoms in total. The van der Waals surface area contributed by atoms with E-state index >= 15 is 0 Å². The van der Waals surface area contributed by atoms with Crippen LogP contribution in [0.2, 0.25) is 0 Å². The SMILES string of the molecule is Cc1ccc([C@@H]2CN(C(=O)c3ccc4sc(C)nc4c3)C[C@H]2N(C)C)cc1. The number of likely N-dealkylation sites (N-methyl/N-ethyl adjacent to an activating group) is 1. The number of likely N-dealkylation sites (tertiary alicyclic amines) is 1. The minimum Gasteiger partial charge on any atom is -0.336 e. The Hall–Kier alpha value is -2.24. The first-order valence-corrected chi connectivity index (χ1v) is 10.1. The van der Waals surface area contributed by atoms with Crippen molar-refractivity contribution in [2.24, 2.45) is 0 Å². The van der Waals surface area contributed by atoms with E-state index in [9.17, 15) is 4.79 Å². The van der Waals surface area contributed by atoms with Gasteiger partial charge in [0.1, 0.15) is 0 Å². The molecule has 0 radical (unpaired) electrons. The fraction of sp³-hybridized carbons (Fsp3) is 0.364. The van der Waals surface area contributed by atoms with Crippen LogP contribution in [-0.2, 0) is 0 Å². The van der Waals surface area contributed by atoms with Crippen LogP contribution >= 0.6 is 11.3 Å². The Morgan fingerprint density at radius 2 is 1.85 bits per heavy atom. The van der Waals surface area contributed by atoms with Crippen molar-refractivity contribution in [1.82, 2.24) is 14.8 Å². The third-order valence-electron chi connectivity index (χ3n) is 5.49. The van der Waals surface area contributed by atoms with Crippen LogP contribution in [0.4, 0.5) is 0 Å². The van der Waals surface area contributed by atoms with Crippen molar-refractivity contribution < 1.29 is 4.79 Å². The Morgan fingerprint density at radius 1 is 1.11 bits per heavy atom. The summed E-state index contributed by atoms with van der Waals surface area (Å²) >= 11 is 1.67. The summed E-state index contributed by atoms with van der Waals surface area (Å²) in [5, 5.41) is 1.03. The molecule has 0 N–H and O–H groups in total. The van der Waals surface area contributed by atoms with Crippen LogP contribution in [0, 0.1) is 13.8 Å². The van der Waals surface area contributed by atoms with Gasteiger partial charge in [0.15, 0.2) is 0 Å². The standard InChI is InChI=1S/C22H25N3OS/c1-14-5-7-16(8-6-14)18-12-25(13-20(18)24(3)4)22(26)17-9-10-21-19(11-17)23-15(2)27-21/h5-11,18,20H,12-13H2,1-4H3/t18-,20+/m0/s1. The first-order chi connectivity index (χ1) is 12.9. The number of amides is 1. The van der Waals surface area contributed by atoms with Crippen LogP contribution < -0.4 is 0 Å². The second kappa shape index (κ2) is 7.06. The molecule has 0 saturated carbocycles. The van der Waals surface area contributed by atoms with Crippen molar-refractivity contribution in [3.05, 3.63) is 64.2 Å². The molecule has 0 bridgehead atoms. The number of carbonyl (C=O) groups is 1. The average Bonchev–Trinajstić information content (AvgIpc) is 3.24. The molecule has 2 aromatic carbocycles. The van der Waals surface area contributed by atoms with Gasteiger partial charge in [-0.2, -0.15) is 0 Å². The van der Waals surface area contributed by atoms with Crippen molar-refractivity contribution in [1.29, 1.82) is 0 Å². The van der Waals surface area contributed by atoms with Crippen LogP contribution in [0.25, 0.3) is 10.2 Å². The minimum atomic E-state index is 0.101. The highest BCUT2D eigenvalue weighted by molar-refractivity contribution is 7.18. The van der Waals surface area contributed by atoms with E-state index in [-0.39, 0.29) is 5.91 Å². The summed E-state index contributed by atoms with van der Waals surface area (Å²) in [7, 11) is 4.20. The van der Waals surface area contributed by atoms with Crippen LogP contribution in [0.1, 0.15) is 32.4 Å². The summed E-state index contributed by atoms with van der Waals surface area (Å²) in [6.07, 6.45) is 0. The smallest absolute Gasteiger partial charge is 0.254 e. The highest BCUT2D eigenvalue weighted by atomic mass is 32.1. The number of nitrogens with zero attached hydrogens (tertiary/aromatic N) is 3. The second-order valence-electron chi connectivity index (χ2n) is 7.67. The average molecular weight is 380 g/mol. The van der Waals surface area contributed by atoms with Crippen LogP contribution in [0.5, 0.6) is 0 Å². The van der Waals surface area contributed by atoms with Crippen LogP contribution in [-0.4, -0.2) is 53.9 Å². The molecule has 140 valence electrons. The molecule has 1 aromatic heterocycles. The Labute approximate surface area is 164 Å². The minimum absolute atomic E-state index is 0.101. The number of rotatable bonds is 3. The molecule has 0 unspecified atom stereocenters. The lowest BCUT2D eigenvalue weighted by atomic mass is 9.93. The third kappa shape index (κ3) is 3.49. The Bertz CT molecular complexity index is 977. The van der Waals surface area contributed by atoms with E-state index in [1.54, 1.807) is 11.3 Å². The predicted octanol–water partition coefficient (Wildman–Crippen LogP) is 4.08. The Balaban J connectivity index is 1.60. The van der Waals surface area contributed by atoms with Crippen molar-refractivity contribution in [3.8, 4) is 0 Å². The zero-order valence-electron chi connectivity index (χ0n) is 16.3. The molecule has 1 aliphatic rings. The monoisotopic (exact) mass is 379 g/mol. The van der Waals surface area contributed by atoms with E-state index in [0.717, 1.165) is 33.9 Å². The molecule has 2 atom stereocenters. The van der Waals surface area contributed by atoms with E-state index in [2.05, 4.69) is 55.2 Å². The first kappa shape index (κ1) is 18.1. The molecule has 27 heavy (non-hydrogen) atoms. The maximum atomic E-state index is 13.2. The number of aromatic nitrogens is 1. The van der Waals surface area contributed by atoms with Gasteiger partial charge in [-0.1, -0.05) is 29.8 Å². The lowest BCUT2D eigenvalue weighted by Crippen LogP contribution is -2.35. The molecule has 0 aliphatic carbocycles. The number of aryl methyl sites for hydroxylation is 2. The zero-order chi connectivity index (χ0) is 19.1. The third-order valence-corrected chi connectivity index (χ3v) is 6.44. The van der Waals surface area contributed by atoms with Crippen molar-refractivity contribution in [2.75, 3.05) is 27.2 Å². The Kier molecular flexibility index (Phi) is 4.74. The number of fused-ring (bicyclic) bond motifs is 1. The zero-order valence-corrected chi connectivity index (χ0v) is 17.1. The molecule has 1 amide bonds. The molecule has 3 aromatic rings. The largest absolute Gasteiger partial charge is 0.336 e. The van der Waals surface area contributed by atoms with Gasteiger partial charge in [0.2, 0.25) is 0 Å². The van der Waals surface area contributed by atoms with E-state index in [1.807, 2.05) is 30.0 Å². The van der Waals surface area contributed by atoms with Gasteiger partial charge in [-0.15, -0.1) is 11.3 Å². The normalized spacial score (nSPS) is 20.0. The highest BCUT2D eigenvalue weighted by Gasteiger charge is 2.37. The van der Waals surface area contributed by atoms with Crippen LogP contribution in [0.3, 0.4) is 0 Å². The summed E-state index contributed by atoms with van der Waals surface area (Å²) in [6.45, 7) is 5.60. The maximum absolute atomic E-state index is 13.2. The number of hydrogen-bond donors (Lipinski definition) is 0. The fourth-order valence-electron chi connectivity index (χ4n) is 3.98. The summed E-state index contributed by atoms with van der Waals surface area (Å²) in [5.41, 5.74) is 4.22. The lowest BCUT2D eigenvalue weighted by Gasteiger charge is -2.25. The summed E-state index contributed by atoms with van der Waals surface area (Å²) < 4.78 is 1.13. The molecule has 2 heterocycles. The predicted molar refractivity (Wildman–Crippen MR) is 112 cm³/mol. The van der Waals surface area contributed by atoms with Gasteiger partial charge in [-0.3, -0.25) is 4.79 Å². The van der Waals surface area contributed by atoms with E-state index in [0.29, 0.717) is 12.0 Å². The van der Waals surface area contributed by atoms with Crippen molar-refractivity contribution in [3.63, 3.8) is 0 Å². The van der Waals surface area contributed by atoms with Gasteiger partial charge < -0.3 is 9.80 Å². The second-order valence-corrected chi connectivity index (χ2v) is 8.91. The van der Waals surface area contributed by atoms with E-state index < -0.39 is 0 Å². The van der Waals surface area contributed by atoms with Crippen molar-refractivity contribution >= 4 is 27.5 Å². The van der Waals surface area contributed by atoms with Gasteiger partial charge in [0, 0.05) is 30.6 Å². The molecule has 5 heteroatoms. The molecular formula is C22H25N3OS. The van der Waals surface area contributed by atoms with E-state index in [4.69, 9.17) is 0 Å². The maximum Gasteiger partial charge on any atom is 0.254 e. The highest BCUT2D eigenvalue weighted by Crippen LogP contribution is 2.32. The molecular weight excluding hydrogens is 354 g/mol. The molecule has 1 fully saturated rings. The molecule has 1 saturated heterocycles. The van der Waals surface area contributed by atoms with Gasteiger partial charge >= 0.3 is 0 Å². The van der Waals surface area contributed by atoms with Gasteiger partial charge in [-0.05, 0) is 51.7 Å². The fourth-order valence-corrected chi connectivity index (χ4v) is 4.78. The number of hydrogen-bond acceptors (Lipinski definition) is 4. The number of thiazole rings is 1. The molecule has 0 spiro atoms. The quantitative estimate of drug-likeness (QED) is 0.688. The van der Waals surface area contributed by atoms with Crippen molar-refractivity contribution in [2.45, 2.75) is 25.8 Å². The summed E-state index contributed by atoms with van der Waals surface area (Å²) in [5.74, 6) is 0.429. The van der Waals surface area contributed by atoms with Gasteiger partial charge in [-0.25, -0.2) is 4.98 Å². The summed E-state index contributed by atoms with van der Waals surface area (Å²) in [4.78, 5) is 22.0. The first-order valence-electron chi connectivity index (χ1n) is 9.32. The topological polar surface area (TPSA) is 36.4 Å².